The zero-order valence-corrected chi connectivity index (χ0v) is 8.69. The highest BCUT2D eigenvalue weighted by molar-refractivity contribution is 5.29. The van der Waals surface area contributed by atoms with Gasteiger partial charge in [0.25, 0.3) is 0 Å². The predicted octanol–water partition coefficient (Wildman–Crippen LogP) is 2.59. The Morgan fingerprint density at radius 2 is 2.00 bits per heavy atom. The third-order valence-electron chi connectivity index (χ3n) is 2.79. The van der Waals surface area contributed by atoms with Gasteiger partial charge in [-0.25, -0.2) is 0 Å². The molecular weight excluding hydrogens is 176 g/mol. The van der Waals surface area contributed by atoms with Crippen molar-refractivity contribution in [2.24, 2.45) is 0 Å². The quantitative estimate of drug-likeness (QED) is 0.717. The first kappa shape index (κ1) is 9.53. The Morgan fingerprint density at radius 3 is 2.50 bits per heavy atom. The van der Waals surface area contributed by atoms with E-state index in [4.69, 9.17) is 9.47 Å². The van der Waals surface area contributed by atoms with E-state index in [1.54, 1.807) is 7.11 Å². The van der Waals surface area contributed by atoms with E-state index in [0.717, 1.165) is 18.8 Å². The molecule has 0 radical (unpaired) electrons. The van der Waals surface area contributed by atoms with Crippen LogP contribution in [0.25, 0.3) is 0 Å². The highest BCUT2D eigenvalue weighted by Crippen LogP contribution is 2.29. The van der Waals surface area contributed by atoms with Crippen LogP contribution in [0.15, 0.2) is 24.3 Å². The van der Waals surface area contributed by atoms with Crippen LogP contribution < -0.4 is 4.74 Å². The number of methoxy groups -OCH3 is 1. The molecule has 0 aliphatic carbocycles. The molecule has 1 aromatic carbocycles. The highest BCUT2D eigenvalue weighted by atomic mass is 16.5. The monoisotopic (exact) mass is 192 g/mol. The molecule has 1 fully saturated rings. The molecule has 14 heavy (non-hydrogen) atoms. The van der Waals surface area contributed by atoms with Gasteiger partial charge in [0.05, 0.1) is 19.8 Å². The van der Waals surface area contributed by atoms with Crippen LogP contribution in [-0.2, 0) is 4.74 Å². The Hall–Kier alpha value is -1.02. The normalized spacial score (nSPS) is 26.4. The van der Waals surface area contributed by atoms with Crippen molar-refractivity contribution in [3.05, 3.63) is 29.8 Å². The first-order chi connectivity index (χ1) is 6.79. The minimum Gasteiger partial charge on any atom is -0.497 e. The lowest BCUT2D eigenvalue weighted by Crippen LogP contribution is -1.97. The van der Waals surface area contributed by atoms with Gasteiger partial charge >= 0.3 is 0 Å². The second kappa shape index (κ2) is 4.01. The maximum absolute atomic E-state index is 5.55. The molecule has 1 saturated heterocycles. The molecule has 1 aromatic rings. The molecule has 76 valence electrons. The number of rotatable bonds is 2. The molecule has 2 rings (SSSR count). The zero-order valence-electron chi connectivity index (χ0n) is 8.69. The second-order valence-corrected chi connectivity index (χ2v) is 3.85. The van der Waals surface area contributed by atoms with Crippen LogP contribution in [-0.4, -0.2) is 19.8 Å². The van der Waals surface area contributed by atoms with Crippen molar-refractivity contribution in [1.82, 2.24) is 0 Å². The van der Waals surface area contributed by atoms with Gasteiger partial charge in [-0.2, -0.15) is 0 Å². The van der Waals surface area contributed by atoms with Crippen LogP contribution in [0.2, 0.25) is 0 Å². The van der Waals surface area contributed by atoms with E-state index in [9.17, 15) is 0 Å². The zero-order chi connectivity index (χ0) is 9.97. The summed E-state index contributed by atoms with van der Waals surface area (Å²) >= 11 is 0. The first-order valence-electron chi connectivity index (χ1n) is 5.05. The molecular formula is C12H16O2. The van der Waals surface area contributed by atoms with Gasteiger partial charge in [-0.1, -0.05) is 12.1 Å². The van der Waals surface area contributed by atoms with Crippen molar-refractivity contribution in [3.63, 3.8) is 0 Å². The maximum Gasteiger partial charge on any atom is 0.118 e. The van der Waals surface area contributed by atoms with Gasteiger partial charge in [0.2, 0.25) is 0 Å². The molecule has 0 bridgehead atoms. The number of hydrogen-bond acceptors (Lipinski definition) is 2. The Morgan fingerprint density at radius 1 is 1.29 bits per heavy atom. The van der Waals surface area contributed by atoms with Crippen molar-refractivity contribution in [2.75, 3.05) is 13.7 Å². The minimum absolute atomic E-state index is 0.405. The van der Waals surface area contributed by atoms with E-state index in [-0.39, 0.29) is 0 Å². The molecule has 1 aliphatic rings. The Balaban J connectivity index is 2.09. The summed E-state index contributed by atoms with van der Waals surface area (Å²) in [5, 5.41) is 0. The maximum atomic E-state index is 5.55. The highest BCUT2D eigenvalue weighted by Gasteiger charge is 2.23. The summed E-state index contributed by atoms with van der Waals surface area (Å²) in [5.41, 5.74) is 1.36. The van der Waals surface area contributed by atoms with E-state index in [1.807, 2.05) is 12.1 Å². The summed E-state index contributed by atoms with van der Waals surface area (Å²) in [5.74, 6) is 1.48. The molecule has 1 aliphatic heterocycles. The van der Waals surface area contributed by atoms with Gasteiger partial charge in [-0.15, -0.1) is 0 Å². The van der Waals surface area contributed by atoms with Crippen molar-refractivity contribution < 1.29 is 9.47 Å². The van der Waals surface area contributed by atoms with Crippen molar-refractivity contribution >= 4 is 0 Å². The second-order valence-electron chi connectivity index (χ2n) is 3.85. The van der Waals surface area contributed by atoms with Crippen molar-refractivity contribution in [1.29, 1.82) is 0 Å². The van der Waals surface area contributed by atoms with E-state index >= 15 is 0 Å². The van der Waals surface area contributed by atoms with Gasteiger partial charge < -0.3 is 9.47 Å². The summed E-state index contributed by atoms with van der Waals surface area (Å²) in [6.07, 6.45) is 1.54. The molecule has 0 saturated carbocycles. The topological polar surface area (TPSA) is 18.5 Å². The SMILES string of the molecule is COc1ccc([C@H]2CO[C@H](C)C2)cc1. The van der Waals surface area contributed by atoms with Gasteiger partial charge in [0.15, 0.2) is 0 Å². The van der Waals surface area contributed by atoms with Crippen LogP contribution in [0.5, 0.6) is 5.75 Å². The number of benzene rings is 1. The fourth-order valence-corrected chi connectivity index (χ4v) is 1.93. The van der Waals surface area contributed by atoms with Crippen molar-refractivity contribution in [3.8, 4) is 5.75 Å². The summed E-state index contributed by atoms with van der Waals surface area (Å²) in [7, 11) is 1.69. The van der Waals surface area contributed by atoms with E-state index in [1.165, 1.54) is 5.56 Å². The summed E-state index contributed by atoms with van der Waals surface area (Å²) in [4.78, 5) is 0. The smallest absolute Gasteiger partial charge is 0.118 e. The minimum atomic E-state index is 0.405. The molecule has 0 unspecified atom stereocenters. The van der Waals surface area contributed by atoms with Crippen LogP contribution in [0.1, 0.15) is 24.8 Å². The molecule has 0 N–H and O–H groups in total. The fourth-order valence-electron chi connectivity index (χ4n) is 1.93. The molecule has 0 aromatic heterocycles. The largest absolute Gasteiger partial charge is 0.497 e. The van der Waals surface area contributed by atoms with Crippen LogP contribution in [0.3, 0.4) is 0 Å². The number of hydrogen-bond donors (Lipinski definition) is 0. The first-order valence-corrected chi connectivity index (χ1v) is 5.05. The lowest BCUT2D eigenvalue weighted by atomic mass is 9.97. The molecule has 2 atom stereocenters. The van der Waals surface area contributed by atoms with E-state index in [0.29, 0.717) is 12.0 Å². The number of ether oxygens (including phenoxy) is 2. The van der Waals surface area contributed by atoms with E-state index < -0.39 is 0 Å². The molecule has 2 heteroatoms. The van der Waals surface area contributed by atoms with E-state index in [2.05, 4.69) is 19.1 Å². The summed E-state index contributed by atoms with van der Waals surface area (Å²) in [6.45, 7) is 2.98. The van der Waals surface area contributed by atoms with Crippen LogP contribution >= 0.6 is 0 Å². The molecule has 0 spiro atoms. The Kier molecular flexibility index (Phi) is 2.73. The predicted molar refractivity (Wildman–Crippen MR) is 55.8 cm³/mol. The van der Waals surface area contributed by atoms with Gasteiger partial charge in [-0.3, -0.25) is 0 Å². The summed E-state index contributed by atoms with van der Waals surface area (Å²) < 4.78 is 10.7. The third-order valence-corrected chi connectivity index (χ3v) is 2.79. The van der Waals surface area contributed by atoms with Gasteiger partial charge in [0.1, 0.15) is 5.75 Å². The Bertz CT molecular complexity index is 292. The standard InChI is InChI=1S/C12H16O2/c1-9-7-11(8-14-9)10-3-5-12(13-2)6-4-10/h3-6,9,11H,7-8H2,1-2H3/t9-,11-/m1/s1. The van der Waals surface area contributed by atoms with Crippen LogP contribution in [0.4, 0.5) is 0 Å². The van der Waals surface area contributed by atoms with Crippen LogP contribution in [0, 0.1) is 0 Å². The summed E-state index contributed by atoms with van der Waals surface area (Å²) in [6, 6.07) is 8.28. The molecule has 1 heterocycles. The Labute approximate surface area is 84.8 Å². The average molecular weight is 192 g/mol. The van der Waals surface area contributed by atoms with Crippen molar-refractivity contribution in [2.45, 2.75) is 25.4 Å². The fraction of sp³-hybridized carbons (Fsp3) is 0.500. The average Bonchev–Trinajstić information content (AvgIpc) is 2.65. The molecule has 2 nitrogen and oxygen atoms in total. The lowest BCUT2D eigenvalue weighted by molar-refractivity contribution is 0.123. The van der Waals surface area contributed by atoms with Gasteiger partial charge in [-0.05, 0) is 31.0 Å². The molecule has 0 amide bonds. The van der Waals surface area contributed by atoms with Gasteiger partial charge in [0, 0.05) is 5.92 Å². The lowest BCUT2D eigenvalue weighted by Gasteiger charge is -2.08. The third kappa shape index (κ3) is 1.90.